The predicted octanol–water partition coefficient (Wildman–Crippen LogP) is 6.80. The molecule has 8 heteroatoms. The van der Waals surface area contributed by atoms with Gasteiger partial charge in [-0.05, 0) is 62.6 Å². The van der Waals surface area contributed by atoms with Gasteiger partial charge in [-0.15, -0.1) is 0 Å². The average Bonchev–Trinajstić information content (AvgIpc) is 2.83. The van der Waals surface area contributed by atoms with Crippen molar-refractivity contribution in [1.82, 2.24) is 14.9 Å². The number of aromatic nitrogens is 2. The van der Waals surface area contributed by atoms with Crippen LogP contribution in [0.15, 0.2) is 65.3 Å². The summed E-state index contributed by atoms with van der Waals surface area (Å²) in [5.74, 6) is 0.600. The number of piperidine rings is 1. The molecule has 1 saturated heterocycles. The van der Waals surface area contributed by atoms with Gasteiger partial charge in [0.25, 0.3) is 0 Å². The van der Waals surface area contributed by atoms with Crippen molar-refractivity contribution in [2.75, 3.05) is 18.0 Å². The molecule has 1 aliphatic rings. The molecule has 1 aromatic heterocycles. The lowest BCUT2D eigenvalue weighted by molar-refractivity contribution is -0.137. The summed E-state index contributed by atoms with van der Waals surface area (Å²) in [5.41, 5.74) is 1.73. The van der Waals surface area contributed by atoms with Gasteiger partial charge in [0.05, 0.1) is 11.3 Å². The van der Waals surface area contributed by atoms with Crippen LogP contribution in [0.25, 0.3) is 11.3 Å². The van der Waals surface area contributed by atoms with Crippen LogP contribution >= 0.6 is 15.9 Å². The minimum atomic E-state index is -4.36. The van der Waals surface area contributed by atoms with Gasteiger partial charge in [-0.1, -0.05) is 40.2 Å². The molecule has 3 aromatic rings. The van der Waals surface area contributed by atoms with E-state index in [1.54, 1.807) is 12.3 Å². The topological polar surface area (TPSA) is 32.3 Å². The summed E-state index contributed by atoms with van der Waals surface area (Å²) in [4.78, 5) is 14.1. The fourth-order valence-corrected chi connectivity index (χ4v) is 4.61. The number of alkyl halides is 3. The molecule has 0 atom stereocenters. The largest absolute Gasteiger partial charge is 0.416 e. The van der Waals surface area contributed by atoms with Gasteiger partial charge in [0.15, 0.2) is 0 Å². The fourth-order valence-electron chi connectivity index (χ4n) is 4.34. The lowest BCUT2D eigenvalue weighted by Gasteiger charge is -2.40. The molecule has 34 heavy (non-hydrogen) atoms. The van der Waals surface area contributed by atoms with Gasteiger partial charge < -0.3 is 9.80 Å². The SMILES string of the molecule is CC(C)N1CCC(N(Cc2ccc(Br)cc2)c2nccc(-c3ccc(C(F)(F)F)cc3)n2)CC1. The molecule has 2 heterocycles. The van der Waals surface area contributed by atoms with Crippen LogP contribution < -0.4 is 4.90 Å². The van der Waals surface area contributed by atoms with E-state index in [1.165, 1.54) is 12.1 Å². The standard InChI is InChI=1S/C26H28BrF3N4/c1-18(2)33-15-12-23(13-16-33)34(17-19-3-9-22(27)10-4-19)25-31-14-11-24(32-25)20-5-7-21(8-6-20)26(28,29)30/h3-11,14,18,23H,12-13,15-17H2,1-2H3. The van der Waals surface area contributed by atoms with Crippen molar-refractivity contribution in [1.29, 1.82) is 0 Å². The molecule has 180 valence electrons. The monoisotopic (exact) mass is 532 g/mol. The summed E-state index contributed by atoms with van der Waals surface area (Å²) in [5, 5.41) is 0. The Morgan fingerprint density at radius 3 is 2.24 bits per heavy atom. The zero-order valence-electron chi connectivity index (χ0n) is 19.3. The molecule has 0 unspecified atom stereocenters. The van der Waals surface area contributed by atoms with E-state index >= 15 is 0 Å². The van der Waals surface area contributed by atoms with Gasteiger partial charge in [-0.25, -0.2) is 9.97 Å². The van der Waals surface area contributed by atoms with Gasteiger partial charge in [0, 0.05) is 48.0 Å². The van der Waals surface area contributed by atoms with Crippen LogP contribution in [0.3, 0.4) is 0 Å². The number of hydrogen-bond donors (Lipinski definition) is 0. The molecule has 4 nitrogen and oxygen atoms in total. The smallest absolute Gasteiger partial charge is 0.333 e. The second-order valence-corrected chi connectivity index (χ2v) is 9.85. The Labute approximate surface area is 207 Å². The summed E-state index contributed by atoms with van der Waals surface area (Å²) in [6.45, 7) is 7.12. The number of hydrogen-bond acceptors (Lipinski definition) is 4. The first-order chi connectivity index (χ1) is 16.2. The van der Waals surface area contributed by atoms with E-state index in [2.05, 4.69) is 56.7 Å². The molecule has 4 rings (SSSR count). The summed E-state index contributed by atoms with van der Waals surface area (Å²) < 4.78 is 39.9. The third kappa shape index (κ3) is 5.96. The highest BCUT2D eigenvalue weighted by Gasteiger charge is 2.30. The molecular weight excluding hydrogens is 505 g/mol. The normalized spacial score (nSPS) is 15.6. The van der Waals surface area contributed by atoms with E-state index in [1.807, 2.05) is 12.1 Å². The Kier molecular flexibility index (Phi) is 7.57. The average molecular weight is 533 g/mol. The van der Waals surface area contributed by atoms with E-state index in [-0.39, 0.29) is 6.04 Å². The lowest BCUT2D eigenvalue weighted by Crippen LogP contribution is -2.47. The van der Waals surface area contributed by atoms with E-state index in [4.69, 9.17) is 4.98 Å². The van der Waals surface area contributed by atoms with Crippen LogP contribution in [0.2, 0.25) is 0 Å². The third-order valence-corrected chi connectivity index (χ3v) is 6.87. The molecule has 0 N–H and O–H groups in total. The molecule has 2 aromatic carbocycles. The Morgan fingerprint density at radius 2 is 1.65 bits per heavy atom. The van der Waals surface area contributed by atoms with Crippen LogP contribution in [-0.4, -0.2) is 40.0 Å². The number of benzene rings is 2. The van der Waals surface area contributed by atoms with Gasteiger partial charge in [0.2, 0.25) is 5.95 Å². The summed E-state index contributed by atoms with van der Waals surface area (Å²) in [6, 6.07) is 15.9. The molecule has 0 aliphatic carbocycles. The first-order valence-corrected chi connectivity index (χ1v) is 12.3. The second kappa shape index (κ2) is 10.4. The lowest BCUT2D eigenvalue weighted by atomic mass is 10.0. The van der Waals surface area contributed by atoms with Gasteiger partial charge in [-0.2, -0.15) is 13.2 Å². The Morgan fingerprint density at radius 1 is 1.00 bits per heavy atom. The zero-order valence-corrected chi connectivity index (χ0v) is 20.9. The van der Waals surface area contributed by atoms with Crippen molar-refractivity contribution in [3.63, 3.8) is 0 Å². The van der Waals surface area contributed by atoms with Crippen LogP contribution in [-0.2, 0) is 12.7 Å². The summed E-state index contributed by atoms with van der Waals surface area (Å²) in [6.07, 6.45) is -0.667. The maximum atomic E-state index is 13.0. The van der Waals surface area contributed by atoms with E-state index in [0.29, 0.717) is 29.8 Å². The van der Waals surface area contributed by atoms with Crippen molar-refractivity contribution in [2.24, 2.45) is 0 Å². The number of rotatable bonds is 6. The Balaban J connectivity index is 1.62. The number of nitrogens with zero attached hydrogens (tertiary/aromatic N) is 4. The zero-order chi connectivity index (χ0) is 24.3. The highest BCUT2D eigenvalue weighted by molar-refractivity contribution is 9.10. The minimum absolute atomic E-state index is 0.279. The van der Waals surface area contributed by atoms with E-state index in [0.717, 1.165) is 48.1 Å². The summed E-state index contributed by atoms with van der Waals surface area (Å²) >= 11 is 3.49. The highest BCUT2D eigenvalue weighted by Crippen LogP contribution is 2.31. The van der Waals surface area contributed by atoms with Crippen molar-refractivity contribution in [2.45, 2.75) is 51.5 Å². The maximum absolute atomic E-state index is 13.0. The molecule has 0 spiro atoms. The fraction of sp³-hybridized carbons (Fsp3) is 0.385. The molecule has 0 bridgehead atoms. The molecular formula is C26H28BrF3N4. The third-order valence-electron chi connectivity index (χ3n) is 6.34. The predicted molar refractivity (Wildman–Crippen MR) is 133 cm³/mol. The van der Waals surface area contributed by atoms with Crippen LogP contribution in [0, 0.1) is 0 Å². The number of halogens is 4. The van der Waals surface area contributed by atoms with Crippen LogP contribution in [0.5, 0.6) is 0 Å². The van der Waals surface area contributed by atoms with E-state index < -0.39 is 11.7 Å². The molecule has 1 aliphatic heterocycles. The Hall–Kier alpha value is -2.45. The quantitative estimate of drug-likeness (QED) is 0.349. The second-order valence-electron chi connectivity index (χ2n) is 8.93. The van der Waals surface area contributed by atoms with Crippen molar-refractivity contribution < 1.29 is 13.2 Å². The van der Waals surface area contributed by atoms with Gasteiger partial charge in [0.1, 0.15) is 0 Å². The maximum Gasteiger partial charge on any atom is 0.416 e. The molecule has 0 saturated carbocycles. The first-order valence-electron chi connectivity index (χ1n) is 11.5. The van der Waals surface area contributed by atoms with Crippen LogP contribution in [0.4, 0.5) is 19.1 Å². The van der Waals surface area contributed by atoms with E-state index in [9.17, 15) is 13.2 Å². The van der Waals surface area contributed by atoms with Crippen molar-refractivity contribution in [3.05, 3.63) is 76.4 Å². The van der Waals surface area contributed by atoms with Crippen LogP contribution in [0.1, 0.15) is 37.8 Å². The molecule has 0 amide bonds. The van der Waals surface area contributed by atoms with Crippen molar-refractivity contribution >= 4 is 21.9 Å². The summed E-state index contributed by atoms with van der Waals surface area (Å²) in [7, 11) is 0. The Bertz CT molecular complexity index is 1080. The van der Waals surface area contributed by atoms with Gasteiger partial charge >= 0.3 is 6.18 Å². The number of anilines is 1. The molecule has 1 fully saturated rings. The van der Waals surface area contributed by atoms with Crippen molar-refractivity contribution in [3.8, 4) is 11.3 Å². The number of likely N-dealkylation sites (tertiary alicyclic amines) is 1. The first kappa shape index (κ1) is 24.7. The molecule has 0 radical (unpaired) electrons. The minimum Gasteiger partial charge on any atom is -0.333 e. The van der Waals surface area contributed by atoms with Gasteiger partial charge in [-0.3, -0.25) is 0 Å². The highest BCUT2D eigenvalue weighted by atomic mass is 79.9.